The summed E-state index contributed by atoms with van der Waals surface area (Å²) < 4.78 is 19.7. The standard InChI is InChI=1S/C20H20N4O5S/c1-23-19(26)18-13(8-9-30-18)24-16(21-22-20(23)24)11-29-17(25)7-5-12-4-6-14(27-2)15(10-12)28-3/h4,6,8-10H,5,7,11H2,1-3H3. The van der Waals surface area contributed by atoms with Crippen molar-refractivity contribution in [2.75, 3.05) is 14.2 Å². The van der Waals surface area contributed by atoms with Crippen LogP contribution in [0.15, 0.2) is 34.4 Å². The van der Waals surface area contributed by atoms with Gasteiger partial charge in [-0.3, -0.25) is 18.6 Å². The summed E-state index contributed by atoms with van der Waals surface area (Å²) in [5.74, 6) is 1.76. The minimum Gasteiger partial charge on any atom is -0.493 e. The van der Waals surface area contributed by atoms with E-state index in [0.29, 0.717) is 39.7 Å². The molecule has 4 aromatic rings. The molecule has 0 aliphatic carbocycles. The van der Waals surface area contributed by atoms with Crippen LogP contribution in [0.2, 0.25) is 0 Å². The second-order valence-electron chi connectivity index (χ2n) is 6.60. The molecule has 156 valence electrons. The third-order valence-corrected chi connectivity index (χ3v) is 5.72. The van der Waals surface area contributed by atoms with Crippen LogP contribution in [0, 0.1) is 0 Å². The summed E-state index contributed by atoms with van der Waals surface area (Å²) in [5.41, 5.74) is 1.52. The van der Waals surface area contributed by atoms with Gasteiger partial charge in [0.25, 0.3) is 5.56 Å². The Labute approximate surface area is 175 Å². The summed E-state index contributed by atoms with van der Waals surface area (Å²) >= 11 is 1.35. The number of aromatic nitrogens is 4. The predicted octanol–water partition coefficient (Wildman–Crippen LogP) is 2.34. The molecule has 0 spiro atoms. The first-order valence-corrected chi connectivity index (χ1v) is 10.1. The normalized spacial score (nSPS) is 11.2. The molecular formula is C20H20N4O5S. The van der Waals surface area contributed by atoms with E-state index in [1.165, 1.54) is 15.9 Å². The van der Waals surface area contributed by atoms with Gasteiger partial charge in [-0.25, -0.2) is 0 Å². The number of aryl methyl sites for hydroxylation is 2. The summed E-state index contributed by atoms with van der Waals surface area (Å²) in [7, 11) is 4.79. The van der Waals surface area contributed by atoms with Crippen LogP contribution in [0.4, 0.5) is 0 Å². The van der Waals surface area contributed by atoms with Gasteiger partial charge in [0.15, 0.2) is 23.9 Å². The van der Waals surface area contributed by atoms with Crippen LogP contribution in [0.5, 0.6) is 11.5 Å². The Kier molecular flexibility index (Phi) is 5.40. The van der Waals surface area contributed by atoms with Crippen LogP contribution < -0.4 is 15.0 Å². The minimum absolute atomic E-state index is 0.0327. The predicted molar refractivity (Wildman–Crippen MR) is 111 cm³/mol. The lowest BCUT2D eigenvalue weighted by atomic mass is 10.1. The number of nitrogens with zero attached hydrogens (tertiary/aromatic N) is 4. The Hall–Kier alpha value is -3.40. The lowest BCUT2D eigenvalue weighted by Gasteiger charge is -2.09. The Morgan fingerprint density at radius 2 is 1.93 bits per heavy atom. The van der Waals surface area contributed by atoms with Gasteiger partial charge >= 0.3 is 5.97 Å². The van der Waals surface area contributed by atoms with Gasteiger partial charge in [-0.1, -0.05) is 6.07 Å². The fraction of sp³-hybridized carbons (Fsp3) is 0.300. The third-order valence-electron chi connectivity index (χ3n) is 4.83. The van der Waals surface area contributed by atoms with Gasteiger partial charge in [-0.05, 0) is 35.6 Å². The van der Waals surface area contributed by atoms with Crippen molar-refractivity contribution in [1.29, 1.82) is 0 Å². The Morgan fingerprint density at radius 1 is 1.13 bits per heavy atom. The van der Waals surface area contributed by atoms with Gasteiger partial charge in [0.1, 0.15) is 4.70 Å². The van der Waals surface area contributed by atoms with Crippen molar-refractivity contribution in [3.63, 3.8) is 0 Å². The molecule has 0 atom stereocenters. The number of fused-ring (bicyclic) bond motifs is 3. The Morgan fingerprint density at radius 3 is 2.70 bits per heavy atom. The Bertz CT molecular complexity index is 1290. The molecule has 3 aromatic heterocycles. The summed E-state index contributed by atoms with van der Waals surface area (Å²) in [5, 5.41) is 10.0. The number of methoxy groups -OCH3 is 2. The second-order valence-corrected chi connectivity index (χ2v) is 7.52. The van der Waals surface area contributed by atoms with E-state index in [9.17, 15) is 9.59 Å². The Balaban J connectivity index is 1.46. The van der Waals surface area contributed by atoms with Gasteiger partial charge in [0.2, 0.25) is 5.78 Å². The van der Waals surface area contributed by atoms with Crippen molar-refractivity contribution in [1.82, 2.24) is 19.2 Å². The van der Waals surface area contributed by atoms with Crippen molar-refractivity contribution < 1.29 is 19.0 Å². The molecule has 1 aromatic carbocycles. The molecular weight excluding hydrogens is 408 g/mol. The number of thiophene rings is 1. The van der Waals surface area contributed by atoms with Crippen LogP contribution in [0.3, 0.4) is 0 Å². The molecule has 3 heterocycles. The van der Waals surface area contributed by atoms with Crippen LogP contribution in [0.25, 0.3) is 16.0 Å². The smallest absolute Gasteiger partial charge is 0.306 e. The fourth-order valence-electron chi connectivity index (χ4n) is 3.25. The quantitative estimate of drug-likeness (QED) is 0.417. The van der Waals surface area contributed by atoms with E-state index < -0.39 is 0 Å². The highest BCUT2D eigenvalue weighted by atomic mass is 32.1. The number of esters is 1. The van der Waals surface area contributed by atoms with Gasteiger partial charge in [0.05, 0.1) is 19.7 Å². The maximum atomic E-state index is 12.4. The summed E-state index contributed by atoms with van der Waals surface area (Å²) in [6, 6.07) is 7.36. The number of ether oxygens (including phenoxy) is 3. The first-order chi connectivity index (χ1) is 14.5. The molecule has 0 bridgehead atoms. The molecule has 0 fully saturated rings. The zero-order valence-corrected chi connectivity index (χ0v) is 17.6. The number of benzene rings is 1. The molecule has 0 amide bonds. The van der Waals surface area contributed by atoms with Gasteiger partial charge in [-0.2, -0.15) is 0 Å². The van der Waals surface area contributed by atoms with Gasteiger partial charge in [0, 0.05) is 13.5 Å². The van der Waals surface area contributed by atoms with Crippen molar-refractivity contribution >= 4 is 33.3 Å². The summed E-state index contributed by atoms with van der Waals surface area (Å²) in [6.45, 7) is -0.0327. The van der Waals surface area contributed by atoms with E-state index in [-0.39, 0.29) is 24.6 Å². The van der Waals surface area contributed by atoms with Crippen molar-refractivity contribution in [3.8, 4) is 11.5 Å². The van der Waals surface area contributed by atoms with E-state index in [0.717, 1.165) is 5.56 Å². The van der Waals surface area contributed by atoms with E-state index in [4.69, 9.17) is 14.2 Å². The molecule has 0 aliphatic heterocycles. The molecule has 0 saturated carbocycles. The molecule has 30 heavy (non-hydrogen) atoms. The average molecular weight is 428 g/mol. The summed E-state index contributed by atoms with van der Waals surface area (Å²) in [6.07, 6.45) is 0.710. The fourth-order valence-corrected chi connectivity index (χ4v) is 4.10. The van der Waals surface area contributed by atoms with Crippen LogP contribution >= 0.6 is 11.3 Å². The van der Waals surface area contributed by atoms with E-state index in [1.54, 1.807) is 31.7 Å². The molecule has 4 rings (SSSR count). The van der Waals surface area contributed by atoms with Crippen LogP contribution in [-0.2, 0) is 29.6 Å². The lowest BCUT2D eigenvalue weighted by molar-refractivity contribution is -0.145. The molecule has 10 heteroatoms. The zero-order chi connectivity index (χ0) is 21.3. The molecule has 0 radical (unpaired) electrons. The number of carbonyl (C=O) groups excluding carboxylic acids is 1. The first kappa shape index (κ1) is 19.9. The minimum atomic E-state index is -0.354. The van der Waals surface area contributed by atoms with Crippen LogP contribution in [0.1, 0.15) is 17.8 Å². The maximum absolute atomic E-state index is 12.4. The number of hydrogen-bond donors (Lipinski definition) is 0. The van der Waals surface area contributed by atoms with Crippen LogP contribution in [-0.4, -0.2) is 39.4 Å². The lowest BCUT2D eigenvalue weighted by Crippen LogP contribution is -2.19. The monoisotopic (exact) mass is 428 g/mol. The molecule has 9 nitrogen and oxygen atoms in total. The number of carbonyl (C=O) groups is 1. The van der Waals surface area contributed by atoms with Gasteiger partial charge in [-0.15, -0.1) is 21.5 Å². The van der Waals surface area contributed by atoms with Crippen molar-refractivity contribution in [2.45, 2.75) is 19.4 Å². The maximum Gasteiger partial charge on any atom is 0.306 e. The largest absolute Gasteiger partial charge is 0.493 e. The van der Waals surface area contributed by atoms with E-state index in [2.05, 4.69) is 10.2 Å². The van der Waals surface area contributed by atoms with Crippen molar-refractivity contribution in [3.05, 3.63) is 51.4 Å². The SMILES string of the molecule is COc1ccc(CCC(=O)OCc2nnc3n(C)c(=O)c4sccc4n23)cc1OC. The van der Waals surface area contributed by atoms with Gasteiger partial charge < -0.3 is 14.2 Å². The zero-order valence-electron chi connectivity index (χ0n) is 16.7. The number of rotatable bonds is 7. The third kappa shape index (κ3) is 3.50. The topological polar surface area (TPSA) is 97.0 Å². The van der Waals surface area contributed by atoms with E-state index >= 15 is 0 Å². The average Bonchev–Trinajstić information content (AvgIpc) is 3.41. The highest BCUT2D eigenvalue weighted by Gasteiger charge is 2.17. The number of hydrogen-bond acceptors (Lipinski definition) is 8. The molecule has 0 saturated heterocycles. The molecule has 0 unspecified atom stereocenters. The highest BCUT2D eigenvalue weighted by Crippen LogP contribution is 2.28. The molecule has 0 N–H and O–H groups in total. The van der Waals surface area contributed by atoms with E-state index in [1.807, 2.05) is 23.6 Å². The first-order valence-electron chi connectivity index (χ1n) is 9.20. The second kappa shape index (κ2) is 8.15. The van der Waals surface area contributed by atoms with Crippen molar-refractivity contribution in [2.24, 2.45) is 7.05 Å². The summed E-state index contributed by atoms with van der Waals surface area (Å²) in [4.78, 5) is 24.6. The molecule has 0 aliphatic rings. The highest BCUT2D eigenvalue weighted by molar-refractivity contribution is 7.17.